The standard InChI is InChI=1S/C7H4Br2F3N/c8-2-4-3(6(10)11)1-5(9)13-7(4)12/h1,6H,2H2. The van der Waals surface area contributed by atoms with Gasteiger partial charge in [0, 0.05) is 16.5 Å². The molecule has 1 aromatic heterocycles. The van der Waals surface area contributed by atoms with Crippen LogP contribution in [0.5, 0.6) is 0 Å². The Kier molecular flexibility index (Phi) is 3.73. The molecular weight excluding hydrogens is 315 g/mol. The number of nitrogens with zero attached hydrogens (tertiary/aromatic N) is 1. The van der Waals surface area contributed by atoms with Crippen LogP contribution >= 0.6 is 31.9 Å². The van der Waals surface area contributed by atoms with Gasteiger partial charge in [0.05, 0.1) is 0 Å². The van der Waals surface area contributed by atoms with E-state index >= 15 is 0 Å². The summed E-state index contributed by atoms with van der Waals surface area (Å²) in [5.41, 5.74) is -0.436. The van der Waals surface area contributed by atoms with Gasteiger partial charge in [-0.1, -0.05) is 15.9 Å². The number of alkyl halides is 3. The van der Waals surface area contributed by atoms with E-state index < -0.39 is 12.4 Å². The fourth-order valence-corrected chi connectivity index (χ4v) is 1.81. The Morgan fingerprint density at radius 2 is 2.08 bits per heavy atom. The zero-order chi connectivity index (χ0) is 10.0. The second kappa shape index (κ2) is 4.41. The van der Waals surface area contributed by atoms with E-state index in [0.717, 1.165) is 6.07 Å². The van der Waals surface area contributed by atoms with Gasteiger partial charge in [-0.25, -0.2) is 13.8 Å². The van der Waals surface area contributed by atoms with E-state index in [9.17, 15) is 13.2 Å². The molecule has 1 nitrogen and oxygen atoms in total. The van der Waals surface area contributed by atoms with Gasteiger partial charge >= 0.3 is 0 Å². The normalized spacial score (nSPS) is 10.9. The lowest BCUT2D eigenvalue weighted by molar-refractivity contribution is 0.149. The van der Waals surface area contributed by atoms with Crippen LogP contribution in [0.4, 0.5) is 13.2 Å². The Bertz CT molecular complexity index is 317. The SMILES string of the molecule is Fc1nc(Br)cc(C(F)F)c1CBr. The summed E-state index contributed by atoms with van der Waals surface area (Å²) in [6.45, 7) is 0. The third kappa shape index (κ3) is 2.43. The molecule has 1 aromatic rings. The average molecular weight is 319 g/mol. The highest BCUT2D eigenvalue weighted by molar-refractivity contribution is 9.10. The quantitative estimate of drug-likeness (QED) is 0.597. The first-order valence-corrected chi connectivity index (χ1v) is 5.16. The molecule has 0 aliphatic rings. The smallest absolute Gasteiger partial charge is 0.212 e. The van der Waals surface area contributed by atoms with Crippen molar-refractivity contribution in [1.29, 1.82) is 0 Å². The molecule has 0 aromatic carbocycles. The molecule has 1 heterocycles. The van der Waals surface area contributed by atoms with Gasteiger partial charge in [-0.3, -0.25) is 0 Å². The van der Waals surface area contributed by atoms with Crippen LogP contribution in [0.2, 0.25) is 0 Å². The van der Waals surface area contributed by atoms with Gasteiger partial charge in [0.15, 0.2) is 0 Å². The van der Waals surface area contributed by atoms with E-state index in [1.807, 2.05) is 0 Å². The number of pyridine rings is 1. The summed E-state index contributed by atoms with van der Waals surface area (Å²) in [4.78, 5) is 3.37. The number of aromatic nitrogens is 1. The van der Waals surface area contributed by atoms with Crippen molar-refractivity contribution >= 4 is 31.9 Å². The van der Waals surface area contributed by atoms with Crippen LogP contribution in [0, 0.1) is 5.95 Å². The molecule has 1 rings (SSSR count). The fourth-order valence-electron chi connectivity index (χ4n) is 0.855. The number of hydrogen-bond donors (Lipinski definition) is 0. The van der Waals surface area contributed by atoms with E-state index in [1.165, 1.54) is 0 Å². The van der Waals surface area contributed by atoms with E-state index in [1.54, 1.807) is 0 Å². The molecule has 0 spiro atoms. The van der Waals surface area contributed by atoms with E-state index in [4.69, 9.17) is 0 Å². The predicted molar refractivity (Wildman–Crippen MR) is 49.5 cm³/mol. The largest absolute Gasteiger partial charge is 0.264 e. The highest BCUT2D eigenvalue weighted by atomic mass is 79.9. The van der Waals surface area contributed by atoms with Gasteiger partial charge in [-0.05, 0) is 22.0 Å². The third-order valence-electron chi connectivity index (χ3n) is 1.45. The van der Waals surface area contributed by atoms with Crippen LogP contribution in [0.15, 0.2) is 10.7 Å². The molecule has 72 valence electrons. The van der Waals surface area contributed by atoms with E-state index in [-0.39, 0.29) is 21.1 Å². The minimum absolute atomic E-state index is 0.0266. The zero-order valence-corrected chi connectivity index (χ0v) is 9.37. The molecular formula is C7H4Br2F3N. The van der Waals surface area contributed by atoms with Crippen LogP contribution in [-0.4, -0.2) is 4.98 Å². The lowest BCUT2D eigenvalue weighted by atomic mass is 10.2. The van der Waals surface area contributed by atoms with Gasteiger partial charge in [-0.2, -0.15) is 4.39 Å². The Hall–Kier alpha value is -0.100. The summed E-state index contributed by atoms with van der Waals surface area (Å²) in [6.07, 6.45) is -2.69. The van der Waals surface area contributed by atoms with Crippen LogP contribution in [0.25, 0.3) is 0 Å². The van der Waals surface area contributed by atoms with Gasteiger partial charge in [-0.15, -0.1) is 0 Å². The molecule has 0 radical (unpaired) electrons. The third-order valence-corrected chi connectivity index (χ3v) is 2.41. The maximum atomic E-state index is 13.0. The van der Waals surface area contributed by atoms with Crippen molar-refractivity contribution in [2.75, 3.05) is 0 Å². The molecule has 0 amide bonds. The minimum atomic E-state index is -2.69. The van der Waals surface area contributed by atoms with E-state index in [0.29, 0.717) is 0 Å². The Labute approximate surface area is 89.6 Å². The number of hydrogen-bond acceptors (Lipinski definition) is 1. The second-order valence-electron chi connectivity index (χ2n) is 2.24. The summed E-state index contributed by atoms with van der Waals surface area (Å²) in [7, 11) is 0. The van der Waals surface area contributed by atoms with Crippen molar-refractivity contribution < 1.29 is 13.2 Å². The molecule has 0 aliphatic carbocycles. The summed E-state index contributed by atoms with van der Waals surface area (Å²) in [6, 6.07) is 1.12. The molecule has 0 fully saturated rings. The highest BCUT2D eigenvalue weighted by Gasteiger charge is 2.17. The maximum Gasteiger partial charge on any atom is 0.264 e. The van der Waals surface area contributed by atoms with Crippen molar-refractivity contribution in [2.24, 2.45) is 0 Å². The predicted octanol–water partition coefficient (Wildman–Crippen LogP) is 3.82. The average Bonchev–Trinajstić information content (AvgIpc) is 2.02. The van der Waals surface area contributed by atoms with Gasteiger partial charge < -0.3 is 0 Å². The molecule has 0 atom stereocenters. The zero-order valence-electron chi connectivity index (χ0n) is 6.20. The van der Waals surface area contributed by atoms with Crippen LogP contribution < -0.4 is 0 Å². The van der Waals surface area contributed by atoms with Gasteiger partial charge in [0.25, 0.3) is 6.43 Å². The molecule has 0 unspecified atom stereocenters. The van der Waals surface area contributed by atoms with Crippen molar-refractivity contribution in [3.63, 3.8) is 0 Å². The van der Waals surface area contributed by atoms with Crippen molar-refractivity contribution in [2.45, 2.75) is 11.8 Å². The van der Waals surface area contributed by atoms with Crippen molar-refractivity contribution in [1.82, 2.24) is 4.98 Å². The molecule has 0 bridgehead atoms. The summed E-state index contributed by atoms with van der Waals surface area (Å²) >= 11 is 5.77. The maximum absolute atomic E-state index is 13.0. The first-order chi connectivity index (χ1) is 6.06. The Morgan fingerprint density at radius 3 is 2.54 bits per heavy atom. The molecule has 13 heavy (non-hydrogen) atoms. The first kappa shape index (κ1) is 11.0. The summed E-state index contributed by atoms with van der Waals surface area (Å²) < 4.78 is 37.7. The van der Waals surface area contributed by atoms with Crippen LogP contribution in [0.3, 0.4) is 0 Å². The van der Waals surface area contributed by atoms with Gasteiger partial charge in [0.1, 0.15) is 4.60 Å². The van der Waals surface area contributed by atoms with Crippen molar-refractivity contribution in [3.05, 3.63) is 27.7 Å². The topological polar surface area (TPSA) is 12.9 Å². The van der Waals surface area contributed by atoms with E-state index in [2.05, 4.69) is 36.8 Å². The van der Waals surface area contributed by atoms with Gasteiger partial charge in [0.2, 0.25) is 5.95 Å². The number of rotatable bonds is 2. The molecule has 0 saturated heterocycles. The van der Waals surface area contributed by atoms with Crippen LogP contribution in [-0.2, 0) is 5.33 Å². The van der Waals surface area contributed by atoms with Crippen LogP contribution in [0.1, 0.15) is 17.6 Å². The Morgan fingerprint density at radius 1 is 1.46 bits per heavy atom. The fraction of sp³-hybridized carbons (Fsp3) is 0.286. The molecule has 6 heteroatoms. The van der Waals surface area contributed by atoms with Crippen molar-refractivity contribution in [3.8, 4) is 0 Å². The highest BCUT2D eigenvalue weighted by Crippen LogP contribution is 2.28. The number of halogens is 5. The lowest BCUT2D eigenvalue weighted by Crippen LogP contribution is -1.99. The summed E-state index contributed by atoms with van der Waals surface area (Å²) in [5.74, 6) is -0.874. The monoisotopic (exact) mass is 317 g/mol. The molecule has 0 N–H and O–H groups in total. The Balaban J connectivity index is 3.29. The minimum Gasteiger partial charge on any atom is -0.212 e. The molecule has 0 saturated carbocycles. The molecule has 0 aliphatic heterocycles. The lowest BCUT2D eigenvalue weighted by Gasteiger charge is -2.06. The second-order valence-corrected chi connectivity index (χ2v) is 3.61. The summed E-state index contributed by atoms with van der Waals surface area (Å²) in [5, 5.41) is 0.0266. The first-order valence-electron chi connectivity index (χ1n) is 3.25.